The van der Waals surface area contributed by atoms with Gasteiger partial charge in [0.2, 0.25) is 5.91 Å². The van der Waals surface area contributed by atoms with E-state index in [1.807, 2.05) is 11.8 Å². The standard InChI is InChI=1S/C14H24N4O2/c1-10(2)7-12-9-17(4)5-6-18(12)14(19)8-13-11(3)15-20-16-13/h10,12H,5-9H2,1-4H3/t12-/m0/s1. The number of nitrogens with zero attached hydrogens (tertiary/aromatic N) is 4. The van der Waals surface area contributed by atoms with E-state index in [1.165, 1.54) is 0 Å². The number of carbonyl (C=O) groups excluding carboxylic acids is 1. The Morgan fingerprint density at radius 1 is 1.40 bits per heavy atom. The quantitative estimate of drug-likeness (QED) is 0.826. The fourth-order valence-electron chi connectivity index (χ4n) is 2.74. The Kier molecular flexibility index (Phi) is 4.75. The van der Waals surface area contributed by atoms with Crippen LogP contribution >= 0.6 is 0 Å². The Morgan fingerprint density at radius 2 is 2.15 bits per heavy atom. The highest BCUT2D eigenvalue weighted by Gasteiger charge is 2.30. The maximum absolute atomic E-state index is 12.5. The van der Waals surface area contributed by atoms with Gasteiger partial charge in [0.15, 0.2) is 0 Å². The Hall–Kier alpha value is -1.43. The number of aromatic nitrogens is 2. The van der Waals surface area contributed by atoms with Gasteiger partial charge in [0.1, 0.15) is 11.4 Å². The predicted molar refractivity (Wildman–Crippen MR) is 75.2 cm³/mol. The Labute approximate surface area is 120 Å². The summed E-state index contributed by atoms with van der Waals surface area (Å²) in [6.45, 7) is 8.87. The summed E-state index contributed by atoms with van der Waals surface area (Å²) in [5, 5.41) is 7.54. The molecule has 0 unspecified atom stereocenters. The number of amides is 1. The molecule has 6 heteroatoms. The molecule has 20 heavy (non-hydrogen) atoms. The van der Waals surface area contributed by atoms with Gasteiger partial charge >= 0.3 is 0 Å². The van der Waals surface area contributed by atoms with Crippen molar-refractivity contribution < 1.29 is 9.42 Å². The maximum Gasteiger partial charge on any atom is 0.229 e. The van der Waals surface area contributed by atoms with Gasteiger partial charge in [-0.05, 0) is 26.3 Å². The number of rotatable bonds is 4. The Morgan fingerprint density at radius 3 is 2.75 bits per heavy atom. The van der Waals surface area contributed by atoms with Crippen molar-refractivity contribution in [3.63, 3.8) is 0 Å². The third kappa shape index (κ3) is 3.56. The van der Waals surface area contributed by atoms with Crippen molar-refractivity contribution in [2.75, 3.05) is 26.7 Å². The molecule has 0 aliphatic carbocycles. The molecular formula is C14H24N4O2. The molecule has 112 valence electrons. The molecule has 0 N–H and O–H groups in total. The highest BCUT2D eigenvalue weighted by Crippen LogP contribution is 2.18. The molecule has 1 aliphatic rings. The fourth-order valence-corrected chi connectivity index (χ4v) is 2.74. The number of aryl methyl sites for hydroxylation is 1. The van der Waals surface area contributed by atoms with Gasteiger partial charge in [0.05, 0.1) is 6.42 Å². The van der Waals surface area contributed by atoms with Gasteiger partial charge < -0.3 is 9.80 Å². The SMILES string of the molecule is Cc1nonc1CC(=O)N1CCN(C)C[C@@H]1CC(C)C. The summed E-state index contributed by atoms with van der Waals surface area (Å²) in [5.41, 5.74) is 1.35. The third-order valence-electron chi connectivity index (χ3n) is 3.81. The minimum atomic E-state index is 0.127. The van der Waals surface area contributed by atoms with Crippen LogP contribution in [0.5, 0.6) is 0 Å². The van der Waals surface area contributed by atoms with Crippen molar-refractivity contribution in [3.05, 3.63) is 11.4 Å². The molecule has 0 saturated carbocycles. The lowest BCUT2D eigenvalue weighted by molar-refractivity contribution is -0.135. The van der Waals surface area contributed by atoms with Gasteiger partial charge in [-0.2, -0.15) is 0 Å². The van der Waals surface area contributed by atoms with Gasteiger partial charge in [-0.25, -0.2) is 4.63 Å². The minimum Gasteiger partial charge on any atom is -0.337 e. The largest absolute Gasteiger partial charge is 0.337 e. The van der Waals surface area contributed by atoms with Crippen molar-refractivity contribution in [1.29, 1.82) is 0 Å². The molecule has 6 nitrogen and oxygen atoms in total. The zero-order valence-electron chi connectivity index (χ0n) is 12.8. The first kappa shape index (κ1) is 15.0. The normalized spacial score (nSPS) is 20.6. The second kappa shape index (κ2) is 6.35. The molecule has 0 bridgehead atoms. The van der Waals surface area contributed by atoms with Gasteiger partial charge in [-0.1, -0.05) is 24.2 Å². The van der Waals surface area contributed by atoms with E-state index in [2.05, 4.69) is 40.7 Å². The number of hydrogen-bond donors (Lipinski definition) is 0. The molecule has 1 aromatic rings. The van der Waals surface area contributed by atoms with E-state index in [4.69, 9.17) is 0 Å². The summed E-state index contributed by atoms with van der Waals surface area (Å²) >= 11 is 0. The summed E-state index contributed by atoms with van der Waals surface area (Å²) in [5.74, 6) is 0.708. The number of piperazine rings is 1. The zero-order valence-corrected chi connectivity index (χ0v) is 12.8. The summed E-state index contributed by atoms with van der Waals surface area (Å²) in [6, 6.07) is 0.293. The summed E-state index contributed by atoms with van der Waals surface area (Å²) in [6.07, 6.45) is 1.32. The van der Waals surface area contributed by atoms with E-state index >= 15 is 0 Å². The average molecular weight is 280 g/mol. The maximum atomic E-state index is 12.5. The smallest absolute Gasteiger partial charge is 0.229 e. The van der Waals surface area contributed by atoms with Crippen LogP contribution in [0.25, 0.3) is 0 Å². The molecule has 0 radical (unpaired) electrons. The summed E-state index contributed by atoms with van der Waals surface area (Å²) < 4.78 is 4.66. The second-order valence-corrected chi connectivity index (χ2v) is 6.11. The molecule has 1 aliphatic heterocycles. The Bertz CT molecular complexity index is 456. The molecule has 1 saturated heterocycles. The summed E-state index contributed by atoms with van der Waals surface area (Å²) in [7, 11) is 2.11. The topological polar surface area (TPSA) is 62.5 Å². The molecule has 1 fully saturated rings. The number of likely N-dealkylation sites (N-methyl/N-ethyl adjacent to an activating group) is 1. The highest BCUT2D eigenvalue weighted by atomic mass is 16.6. The van der Waals surface area contributed by atoms with Crippen LogP contribution in [-0.4, -0.2) is 58.7 Å². The van der Waals surface area contributed by atoms with E-state index in [-0.39, 0.29) is 12.3 Å². The summed E-state index contributed by atoms with van der Waals surface area (Å²) in [4.78, 5) is 16.8. The third-order valence-corrected chi connectivity index (χ3v) is 3.81. The lowest BCUT2D eigenvalue weighted by Gasteiger charge is -2.41. The van der Waals surface area contributed by atoms with Crippen LogP contribution in [0.2, 0.25) is 0 Å². The van der Waals surface area contributed by atoms with Crippen LogP contribution in [0.15, 0.2) is 4.63 Å². The molecule has 0 spiro atoms. The molecule has 1 amide bonds. The van der Waals surface area contributed by atoms with Crippen molar-refractivity contribution >= 4 is 5.91 Å². The number of hydrogen-bond acceptors (Lipinski definition) is 5. The Balaban J connectivity index is 2.04. The van der Waals surface area contributed by atoms with Gasteiger partial charge in [0, 0.05) is 25.7 Å². The predicted octanol–water partition coefficient (Wildman–Crippen LogP) is 1.11. The minimum absolute atomic E-state index is 0.127. The molecule has 1 aromatic heterocycles. The second-order valence-electron chi connectivity index (χ2n) is 6.11. The van der Waals surface area contributed by atoms with E-state index in [0.717, 1.165) is 26.1 Å². The lowest BCUT2D eigenvalue weighted by Crippen LogP contribution is -2.54. The van der Waals surface area contributed by atoms with E-state index in [9.17, 15) is 4.79 Å². The molecular weight excluding hydrogens is 256 g/mol. The first-order valence-electron chi connectivity index (χ1n) is 7.23. The van der Waals surface area contributed by atoms with Crippen LogP contribution in [0, 0.1) is 12.8 Å². The number of carbonyl (C=O) groups is 1. The lowest BCUT2D eigenvalue weighted by atomic mass is 9.99. The van der Waals surface area contributed by atoms with Crippen LogP contribution in [-0.2, 0) is 11.2 Å². The van der Waals surface area contributed by atoms with E-state index in [0.29, 0.717) is 23.3 Å². The molecule has 0 aromatic carbocycles. The van der Waals surface area contributed by atoms with Crippen LogP contribution in [0.1, 0.15) is 31.7 Å². The van der Waals surface area contributed by atoms with E-state index in [1.54, 1.807) is 0 Å². The van der Waals surface area contributed by atoms with Crippen molar-refractivity contribution in [2.45, 2.75) is 39.7 Å². The zero-order chi connectivity index (χ0) is 14.7. The molecule has 2 heterocycles. The van der Waals surface area contributed by atoms with Crippen molar-refractivity contribution in [2.24, 2.45) is 5.92 Å². The monoisotopic (exact) mass is 280 g/mol. The van der Waals surface area contributed by atoms with Crippen LogP contribution < -0.4 is 0 Å². The van der Waals surface area contributed by atoms with Gasteiger partial charge in [0.25, 0.3) is 0 Å². The van der Waals surface area contributed by atoms with E-state index < -0.39 is 0 Å². The molecule has 1 atom stereocenters. The van der Waals surface area contributed by atoms with Gasteiger partial charge in [-0.15, -0.1) is 0 Å². The fraction of sp³-hybridized carbons (Fsp3) is 0.786. The van der Waals surface area contributed by atoms with Crippen LogP contribution in [0.4, 0.5) is 0 Å². The first-order chi connectivity index (χ1) is 9.47. The molecule has 2 rings (SSSR count). The van der Waals surface area contributed by atoms with Gasteiger partial charge in [-0.3, -0.25) is 4.79 Å². The van der Waals surface area contributed by atoms with Crippen molar-refractivity contribution in [1.82, 2.24) is 20.1 Å². The van der Waals surface area contributed by atoms with Crippen molar-refractivity contribution in [3.8, 4) is 0 Å². The average Bonchev–Trinajstić information content (AvgIpc) is 2.74. The first-order valence-corrected chi connectivity index (χ1v) is 7.23. The van der Waals surface area contributed by atoms with Crippen LogP contribution in [0.3, 0.4) is 0 Å². The highest BCUT2D eigenvalue weighted by molar-refractivity contribution is 5.79.